The largest absolute Gasteiger partial charge is 0.292 e. The van der Waals surface area contributed by atoms with E-state index in [0.717, 1.165) is 0 Å². The zero-order chi connectivity index (χ0) is 10.8. The van der Waals surface area contributed by atoms with Crippen LogP contribution in [0.25, 0.3) is 0 Å². The lowest BCUT2D eigenvalue weighted by Gasteiger charge is -2.28. The highest BCUT2D eigenvalue weighted by molar-refractivity contribution is 5.22. The topological polar surface area (TPSA) is 16.1 Å². The molecule has 0 aromatic carbocycles. The minimum Gasteiger partial charge on any atom is -0.292 e. The van der Waals surface area contributed by atoms with Crippen LogP contribution in [0.15, 0.2) is 18.3 Å². The Hall–Kier alpha value is -0.890. The summed E-state index contributed by atoms with van der Waals surface area (Å²) in [7, 11) is 0. The van der Waals surface area contributed by atoms with Crippen molar-refractivity contribution in [2.45, 2.75) is 45.7 Å². The van der Waals surface area contributed by atoms with Crippen molar-refractivity contribution in [1.29, 1.82) is 0 Å². The number of aryl methyl sites for hydroxylation is 1. The van der Waals surface area contributed by atoms with Gasteiger partial charge >= 0.3 is 0 Å². The SMILES string of the molecule is Cc1cccnc1[C@H]1CCCN1C(C)C. The van der Waals surface area contributed by atoms with Gasteiger partial charge in [0.2, 0.25) is 0 Å². The molecule has 15 heavy (non-hydrogen) atoms. The summed E-state index contributed by atoms with van der Waals surface area (Å²) in [6, 6.07) is 5.36. The van der Waals surface area contributed by atoms with Crippen molar-refractivity contribution >= 4 is 0 Å². The van der Waals surface area contributed by atoms with Crippen molar-refractivity contribution in [3.63, 3.8) is 0 Å². The van der Waals surface area contributed by atoms with Gasteiger partial charge in [-0.05, 0) is 51.8 Å². The van der Waals surface area contributed by atoms with E-state index in [0.29, 0.717) is 12.1 Å². The second kappa shape index (κ2) is 4.31. The Labute approximate surface area is 92.3 Å². The first-order valence-corrected chi connectivity index (χ1v) is 5.87. The zero-order valence-corrected chi connectivity index (χ0v) is 9.90. The first-order valence-electron chi connectivity index (χ1n) is 5.87. The molecule has 1 aliphatic heterocycles. The van der Waals surface area contributed by atoms with E-state index in [9.17, 15) is 0 Å². The van der Waals surface area contributed by atoms with Crippen LogP contribution in [0.2, 0.25) is 0 Å². The lowest BCUT2D eigenvalue weighted by molar-refractivity contribution is 0.201. The van der Waals surface area contributed by atoms with Gasteiger partial charge in [-0.25, -0.2) is 0 Å². The van der Waals surface area contributed by atoms with Gasteiger partial charge in [-0.15, -0.1) is 0 Å². The molecule has 1 atom stereocenters. The Morgan fingerprint density at radius 3 is 2.93 bits per heavy atom. The van der Waals surface area contributed by atoms with Gasteiger partial charge in [0.05, 0.1) is 11.7 Å². The van der Waals surface area contributed by atoms with E-state index in [1.165, 1.54) is 30.6 Å². The highest BCUT2D eigenvalue weighted by Gasteiger charge is 2.29. The molecule has 1 aromatic heterocycles. The Morgan fingerprint density at radius 1 is 1.47 bits per heavy atom. The van der Waals surface area contributed by atoms with E-state index < -0.39 is 0 Å². The third-order valence-corrected chi connectivity index (χ3v) is 3.32. The van der Waals surface area contributed by atoms with Crippen molar-refractivity contribution in [2.75, 3.05) is 6.54 Å². The van der Waals surface area contributed by atoms with E-state index >= 15 is 0 Å². The van der Waals surface area contributed by atoms with Gasteiger partial charge in [-0.2, -0.15) is 0 Å². The summed E-state index contributed by atoms with van der Waals surface area (Å²) < 4.78 is 0. The maximum absolute atomic E-state index is 4.55. The summed E-state index contributed by atoms with van der Waals surface area (Å²) >= 11 is 0. The van der Waals surface area contributed by atoms with Gasteiger partial charge in [0, 0.05) is 12.2 Å². The molecular formula is C13H20N2. The summed E-state index contributed by atoms with van der Waals surface area (Å²) in [5.74, 6) is 0. The summed E-state index contributed by atoms with van der Waals surface area (Å²) in [6.07, 6.45) is 4.48. The Morgan fingerprint density at radius 2 is 2.27 bits per heavy atom. The van der Waals surface area contributed by atoms with Crippen LogP contribution in [0.1, 0.15) is 44.0 Å². The molecule has 0 aliphatic carbocycles. The predicted molar refractivity (Wildman–Crippen MR) is 62.8 cm³/mol. The molecular weight excluding hydrogens is 184 g/mol. The number of pyridine rings is 1. The first kappa shape index (κ1) is 10.6. The first-order chi connectivity index (χ1) is 7.20. The molecule has 0 radical (unpaired) electrons. The Balaban J connectivity index is 2.27. The molecule has 1 aromatic rings. The van der Waals surface area contributed by atoms with Crippen molar-refractivity contribution in [1.82, 2.24) is 9.88 Å². The highest BCUT2D eigenvalue weighted by Crippen LogP contribution is 2.33. The van der Waals surface area contributed by atoms with Gasteiger partial charge in [-0.3, -0.25) is 9.88 Å². The normalized spacial score (nSPS) is 22.5. The maximum atomic E-state index is 4.55. The van der Waals surface area contributed by atoms with Crippen LogP contribution in [0.3, 0.4) is 0 Å². The molecule has 2 rings (SSSR count). The molecule has 2 heteroatoms. The lowest BCUT2D eigenvalue weighted by atomic mass is 10.1. The van der Waals surface area contributed by atoms with Crippen LogP contribution in [0.5, 0.6) is 0 Å². The average molecular weight is 204 g/mol. The third kappa shape index (κ3) is 2.05. The molecule has 1 fully saturated rings. The van der Waals surface area contributed by atoms with Crippen molar-refractivity contribution in [3.05, 3.63) is 29.6 Å². The molecule has 2 heterocycles. The average Bonchev–Trinajstić information content (AvgIpc) is 2.67. The standard InChI is InChI=1S/C13H20N2/c1-10(2)15-9-5-7-12(15)13-11(3)6-4-8-14-13/h4,6,8,10,12H,5,7,9H2,1-3H3/t12-/m1/s1. The number of hydrogen-bond acceptors (Lipinski definition) is 2. The fourth-order valence-electron chi connectivity index (χ4n) is 2.55. The summed E-state index contributed by atoms with van der Waals surface area (Å²) in [5, 5.41) is 0. The molecule has 0 amide bonds. The van der Waals surface area contributed by atoms with Crippen molar-refractivity contribution in [3.8, 4) is 0 Å². The molecule has 1 aliphatic rings. The van der Waals surface area contributed by atoms with Crippen LogP contribution in [0.4, 0.5) is 0 Å². The van der Waals surface area contributed by atoms with Crippen LogP contribution >= 0.6 is 0 Å². The number of hydrogen-bond donors (Lipinski definition) is 0. The van der Waals surface area contributed by atoms with Crippen molar-refractivity contribution in [2.24, 2.45) is 0 Å². The second-order valence-electron chi connectivity index (χ2n) is 4.70. The van der Waals surface area contributed by atoms with E-state index in [1.807, 2.05) is 12.3 Å². The maximum Gasteiger partial charge on any atom is 0.0604 e. The third-order valence-electron chi connectivity index (χ3n) is 3.32. The van der Waals surface area contributed by atoms with E-state index in [1.54, 1.807) is 0 Å². The minimum atomic E-state index is 0.547. The minimum absolute atomic E-state index is 0.547. The fourth-order valence-corrected chi connectivity index (χ4v) is 2.55. The second-order valence-corrected chi connectivity index (χ2v) is 4.70. The number of nitrogens with zero attached hydrogens (tertiary/aromatic N) is 2. The highest BCUT2D eigenvalue weighted by atomic mass is 15.2. The smallest absolute Gasteiger partial charge is 0.0604 e. The fraction of sp³-hybridized carbons (Fsp3) is 0.615. The zero-order valence-electron chi connectivity index (χ0n) is 9.90. The van der Waals surface area contributed by atoms with Crippen LogP contribution in [0, 0.1) is 6.92 Å². The van der Waals surface area contributed by atoms with Crippen LogP contribution < -0.4 is 0 Å². The molecule has 2 nitrogen and oxygen atoms in total. The van der Waals surface area contributed by atoms with Gasteiger partial charge in [-0.1, -0.05) is 6.07 Å². The van der Waals surface area contributed by atoms with E-state index in [2.05, 4.69) is 36.7 Å². The number of rotatable bonds is 2. The molecule has 0 spiro atoms. The van der Waals surface area contributed by atoms with Gasteiger partial charge < -0.3 is 0 Å². The summed E-state index contributed by atoms with van der Waals surface area (Å²) in [4.78, 5) is 7.12. The van der Waals surface area contributed by atoms with Gasteiger partial charge in [0.25, 0.3) is 0 Å². The van der Waals surface area contributed by atoms with Gasteiger partial charge in [0.1, 0.15) is 0 Å². The quantitative estimate of drug-likeness (QED) is 0.736. The predicted octanol–water partition coefficient (Wildman–Crippen LogP) is 2.94. The Bertz CT molecular complexity index is 333. The van der Waals surface area contributed by atoms with Crippen LogP contribution in [-0.2, 0) is 0 Å². The molecule has 0 bridgehead atoms. The molecule has 0 unspecified atom stereocenters. The summed E-state index contributed by atoms with van der Waals surface area (Å²) in [6.45, 7) is 7.94. The number of aromatic nitrogens is 1. The van der Waals surface area contributed by atoms with E-state index in [-0.39, 0.29) is 0 Å². The Kier molecular flexibility index (Phi) is 3.06. The van der Waals surface area contributed by atoms with Crippen LogP contribution in [-0.4, -0.2) is 22.5 Å². The monoisotopic (exact) mass is 204 g/mol. The van der Waals surface area contributed by atoms with E-state index in [4.69, 9.17) is 0 Å². The summed E-state index contributed by atoms with van der Waals surface area (Å²) in [5.41, 5.74) is 2.61. The van der Waals surface area contributed by atoms with Crippen molar-refractivity contribution < 1.29 is 0 Å². The molecule has 0 saturated carbocycles. The number of likely N-dealkylation sites (tertiary alicyclic amines) is 1. The molecule has 1 saturated heterocycles. The molecule has 0 N–H and O–H groups in total. The lowest BCUT2D eigenvalue weighted by Crippen LogP contribution is -2.31. The molecule has 82 valence electrons. The van der Waals surface area contributed by atoms with Gasteiger partial charge in [0.15, 0.2) is 0 Å².